The molecule has 0 unspecified atom stereocenters. The Morgan fingerprint density at radius 2 is 1.52 bits per heavy atom. The van der Waals surface area contributed by atoms with Gasteiger partial charge < -0.3 is 14.8 Å². The summed E-state index contributed by atoms with van der Waals surface area (Å²) < 4.78 is 10.1. The van der Waals surface area contributed by atoms with Crippen molar-refractivity contribution in [2.75, 3.05) is 5.32 Å². The van der Waals surface area contributed by atoms with E-state index in [2.05, 4.69) is 24.4 Å². The van der Waals surface area contributed by atoms with E-state index >= 15 is 0 Å². The number of esters is 2. The van der Waals surface area contributed by atoms with Crippen molar-refractivity contribution in [3.8, 4) is 11.1 Å². The average Bonchev–Trinajstić information content (AvgIpc) is 2.54. The van der Waals surface area contributed by atoms with E-state index in [-0.39, 0.29) is 5.57 Å². The third-order valence-electron chi connectivity index (χ3n) is 3.84. The fraction of sp³-hybridized carbons (Fsp3) is 0.200. The SMILES string of the molecule is Cc1ccccc1-c1ccc(NC=C2C(=O)OC(C)(C)OC2=O)cc1. The molecule has 0 spiro atoms. The minimum Gasteiger partial charge on any atom is -0.419 e. The Morgan fingerprint density at radius 1 is 0.920 bits per heavy atom. The first-order valence-electron chi connectivity index (χ1n) is 7.95. The molecule has 1 fully saturated rings. The van der Waals surface area contributed by atoms with E-state index in [4.69, 9.17) is 9.47 Å². The number of cyclic esters (lactones) is 2. The van der Waals surface area contributed by atoms with Crippen molar-refractivity contribution in [2.45, 2.75) is 26.6 Å². The molecule has 2 aromatic rings. The van der Waals surface area contributed by atoms with Gasteiger partial charge in [0.1, 0.15) is 0 Å². The van der Waals surface area contributed by atoms with Gasteiger partial charge in [-0.1, -0.05) is 36.4 Å². The number of hydrogen-bond acceptors (Lipinski definition) is 5. The summed E-state index contributed by atoms with van der Waals surface area (Å²) in [6.07, 6.45) is 1.31. The molecule has 1 N–H and O–H groups in total. The summed E-state index contributed by atoms with van der Waals surface area (Å²) in [6, 6.07) is 15.8. The van der Waals surface area contributed by atoms with Gasteiger partial charge in [-0.3, -0.25) is 0 Å². The van der Waals surface area contributed by atoms with Gasteiger partial charge in [-0.05, 0) is 35.7 Å². The molecule has 0 aromatic heterocycles. The van der Waals surface area contributed by atoms with E-state index in [0.717, 1.165) is 16.8 Å². The lowest BCUT2D eigenvalue weighted by molar-refractivity contribution is -0.222. The summed E-state index contributed by atoms with van der Waals surface area (Å²) >= 11 is 0. The van der Waals surface area contributed by atoms with Crippen LogP contribution in [0.25, 0.3) is 11.1 Å². The Hall–Kier alpha value is -3.08. The van der Waals surface area contributed by atoms with E-state index in [1.54, 1.807) is 0 Å². The maximum atomic E-state index is 11.9. The Labute approximate surface area is 146 Å². The number of nitrogens with one attached hydrogen (secondary N) is 1. The molecule has 128 valence electrons. The van der Waals surface area contributed by atoms with Crippen molar-refractivity contribution in [3.63, 3.8) is 0 Å². The number of hydrogen-bond donors (Lipinski definition) is 1. The highest BCUT2D eigenvalue weighted by molar-refractivity contribution is 6.15. The standard InChI is InChI=1S/C20H19NO4/c1-13-6-4-5-7-16(13)14-8-10-15(11-9-14)21-12-17-18(22)24-20(2,3)25-19(17)23/h4-12,21H,1-3H3. The van der Waals surface area contributed by atoms with Gasteiger partial charge in [-0.15, -0.1) is 0 Å². The lowest BCUT2D eigenvalue weighted by Gasteiger charge is -2.29. The minimum atomic E-state index is -1.24. The molecule has 0 saturated carbocycles. The monoisotopic (exact) mass is 337 g/mol. The highest BCUT2D eigenvalue weighted by Gasteiger charge is 2.38. The number of carbonyl (C=O) groups excluding carboxylic acids is 2. The predicted octanol–water partition coefficient (Wildman–Crippen LogP) is 3.79. The predicted molar refractivity (Wildman–Crippen MR) is 94.6 cm³/mol. The van der Waals surface area contributed by atoms with Gasteiger partial charge in [0.25, 0.3) is 5.79 Å². The molecule has 1 aliphatic heterocycles. The molecule has 0 atom stereocenters. The topological polar surface area (TPSA) is 64.6 Å². The zero-order valence-electron chi connectivity index (χ0n) is 14.3. The Morgan fingerprint density at radius 3 is 2.12 bits per heavy atom. The summed E-state index contributed by atoms with van der Waals surface area (Å²) in [4.78, 5) is 23.8. The van der Waals surface area contributed by atoms with Gasteiger partial charge in [0.2, 0.25) is 0 Å². The second-order valence-electron chi connectivity index (χ2n) is 6.27. The van der Waals surface area contributed by atoms with Crippen molar-refractivity contribution in [2.24, 2.45) is 0 Å². The third kappa shape index (κ3) is 3.71. The Kier molecular flexibility index (Phi) is 4.31. The van der Waals surface area contributed by atoms with Crippen molar-refractivity contribution >= 4 is 17.6 Å². The van der Waals surface area contributed by atoms with Gasteiger partial charge >= 0.3 is 11.9 Å². The van der Waals surface area contributed by atoms with Gasteiger partial charge in [0.15, 0.2) is 5.57 Å². The summed E-state index contributed by atoms with van der Waals surface area (Å²) in [5, 5.41) is 2.93. The van der Waals surface area contributed by atoms with Crippen LogP contribution in [0, 0.1) is 6.92 Å². The van der Waals surface area contributed by atoms with Crippen molar-refractivity contribution in [1.82, 2.24) is 0 Å². The molecule has 3 rings (SSSR count). The molecule has 0 radical (unpaired) electrons. The summed E-state index contributed by atoms with van der Waals surface area (Å²) in [5.74, 6) is -2.64. The first-order valence-corrected chi connectivity index (χ1v) is 7.95. The van der Waals surface area contributed by atoms with Crippen LogP contribution in [0.5, 0.6) is 0 Å². The fourth-order valence-corrected chi connectivity index (χ4v) is 2.58. The summed E-state index contributed by atoms with van der Waals surface area (Å²) in [6.45, 7) is 5.09. The van der Waals surface area contributed by atoms with Crippen LogP contribution in [0.4, 0.5) is 5.69 Å². The van der Waals surface area contributed by atoms with Crippen LogP contribution in [0.1, 0.15) is 19.4 Å². The Balaban J connectivity index is 1.75. The lowest BCUT2D eigenvalue weighted by Crippen LogP contribution is -2.42. The largest absolute Gasteiger partial charge is 0.419 e. The number of ether oxygens (including phenoxy) is 2. The van der Waals surface area contributed by atoms with Gasteiger partial charge in [-0.25, -0.2) is 9.59 Å². The van der Waals surface area contributed by atoms with Crippen LogP contribution in [-0.4, -0.2) is 17.7 Å². The summed E-state index contributed by atoms with van der Waals surface area (Å²) in [5.41, 5.74) is 4.03. The normalized spacial score (nSPS) is 16.0. The van der Waals surface area contributed by atoms with E-state index in [1.165, 1.54) is 25.6 Å². The van der Waals surface area contributed by atoms with E-state index in [1.807, 2.05) is 36.4 Å². The fourth-order valence-electron chi connectivity index (χ4n) is 2.58. The number of benzene rings is 2. The number of rotatable bonds is 3. The molecule has 1 heterocycles. The van der Waals surface area contributed by atoms with Crippen LogP contribution in [0.2, 0.25) is 0 Å². The highest BCUT2D eigenvalue weighted by atomic mass is 16.7. The molecule has 1 saturated heterocycles. The molecular formula is C20H19NO4. The van der Waals surface area contributed by atoms with Gasteiger partial charge in [0, 0.05) is 25.7 Å². The highest BCUT2D eigenvalue weighted by Crippen LogP contribution is 2.25. The van der Waals surface area contributed by atoms with Crippen LogP contribution >= 0.6 is 0 Å². The second-order valence-corrected chi connectivity index (χ2v) is 6.27. The van der Waals surface area contributed by atoms with E-state index < -0.39 is 17.7 Å². The first-order chi connectivity index (χ1) is 11.9. The zero-order chi connectivity index (χ0) is 18.0. The number of carbonyl (C=O) groups is 2. The van der Waals surface area contributed by atoms with Gasteiger partial charge in [0.05, 0.1) is 0 Å². The van der Waals surface area contributed by atoms with Crippen LogP contribution in [0.3, 0.4) is 0 Å². The van der Waals surface area contributed by atoms with E-state index in [0.29, 0.717) is 0 Å². The maximum Gasteiger partial charge on any atom is 0.350 e. The average molecular weight is 337 g/mol. The molecule has 25 heavy (non-hydrogen) atoms. The zero-order valence-corrected chi connectivity index (χ0v) is 14.3. The molecule has 2 aromatic carbocycles. The smallest absolute Gasteiger partial charge is 0.350 e. The molecule has 5 nitrogen and oxygen atoms in total. The lowest BCUT2D eigenvalue weighted by atomic mass is 10.0. The quantitative estimate of drug-likeness (QED) is 0.524. The second kappa shape index (κ2) is 6.43. The van der Waals surface area contributed by atoms with E-state index in [9.17, 15) is 9.59 Å². The molecule has 0 aliphatic carbocycles. The van der Waals surface area contributed by atoms with Gasteiger partial charge in [-0.2, -0.15) is 0 Å². The molecule has 5 heteroatoms. The van der Waals surface area contributed by atoms with Crippen molar-refractivity contribution in [3.05, 3.63) is 65.9 Å². The molecule has 0 amide bonds. The molecular weight excluding hydrogens is 318 g/mol. The Bertz CT molecular complexity index is 828. The first kappa shape index (κ1) is 16.8. The van der Waals surface area contributed by atoms with Crippen molar-refractivity contribution < 1.29 is 19.1 Å². The van der Waals surface area contributed by atoms with Crippen LogP contribution in [0.15, 0.2) is 60.3 Å². The molecule has 1 aliphatic rings. The maximum absolute atomic E-state index is 11.9. The van der Waals surface area contributed by atoms with Crippen LogP contribution in [-0.2, 0) is 19.1 Å². The van der Waals surface area contributed by atoms with Crippen molar-refractivity contribution in [1.29, 1.82) is 0 Å². The van der Waals surface area contributed by atoms with Crippen LogP contribution < -0.4 is 5.32 Å². The number of aryl methyl sites for hydroxylation is 1. The molecule has 0 bridgehead atoms. The summed E-state index contributed by atoms with van der Waals surface area (Å²) in [7, 11) is 0. The number of anilines is 1. The minimum absolute atomic E-state index is 0.165. The third-order valence-corrected chi connectivity index (χ3v) is 3.84.